The molecular weight excluding hydrogens is 1460 g/mol. The van der Waals surface area contributed by atoms with Crippen molar-refractivity contribution in [3.63, 3.8) is 0 Å². The number of piperazine rings is 2. The third-order valence-electron chi connectivity index (χ3n) is 22.5. The molecule has 23 nitrogen and oxygen atoms in total. The lowest BCUT2D eigenvalue weighted by Gasteiger charge is -2.44. The predicted octanol–water partition coefficient (Wildman–Crippen LogP) is 11.9. The Kier molecular flexibility index (Phi) is 26.8. The highest BCUT2D eigenvalue weighted by Crippen LogP contribution is 2.45. The summed E-state index contributed by atoms with van der Waals surface area (Å²) in [6, 6.07) is 34.6. The van der Waals surface area contributed by atoms with Crippen molar-refractivity contribution >= 4 is 96.9 Å². The van der Waals surface area contributed by atoms with Crippen LogP contribution in [0.5, 0.6) is 0 Å². The molecule has 5 amide bonds. The van der Waals surface area contributed by atoms with Gasteiger partial charge in [-0.05, 0) is 153 Å². The van der Waals surface area contributed by atoms with Gasteiger partial charge in [-0.15, -0.1) is 23.1 Å². The monoisotopic (exact) mass is 1560 g/mol. The van der Waals surface area contributed by atoms with Gasteiger partial charge >= 0.3 is 0 Å². The fourth-order valence-electron chi connectivity index (χ4n) is 16.3. The number of carbonyl (C=O) groups is 5. The SMILES string of the molecule is Cc1ncsc1-c1ccc([C@H](C)NC(=O)[C@@H]2C[C@@H](O)CN2C(=O)[C@@H](NC(=O)CCCCCCC(=O)N2CCN(CC3(C)CCC(c4ccc(Cl)cc4)=C(CN4CCN(c5ccc(C(=O)NS(=O)(=O)c6ccc(N[C@H](CCN7C[C@H]8C[C@@H]7CO8)CSc7ccccc7)c([N+](=O)[O-])c6)cc5)CC4)C3)CC2)C(C)(C)C)cc1. The number of halogens is 1. The molecule has 5 fully saturated rings. The highest BCUT2D eigenvalue weighted by atomic mass is 35.5. The second kappa shape index (κ2) is 36.1. The Morgan fingerprint density at radius 3 is 2.19 bits per heavy atom. The first kappa shape index (κ1) is 80.7. The molecule has 2 bridgehead atoms. The zero-order valence-electron chi connectivity index (χ0n) is 63.5. The quantitative estimate of drug-likeness (QED) is 0.0117. The van der Waals surface area contributed by atoms with Gasteiger partial charge in [0.15, 0.2) is 0 Å². The average molecular weight is 1570 g/mol. The fraction of sp³-hybridized carbons (Fsp3) is 0.512. The average Bonchev–Trinajstić information content (AvgIpc) is 1.68. The predicted molar refractivity (Wildman–Crippen MR) is 429 cm³/mol. The summed E-state index contributed by atoms with van der Waals surface area (Å²) in [7, 11) is -4.52. The van der Waals surface area contributed by atoms with Gasteiger partial charge in [0.05, 0.1) is 50.8 Å². The number of allylic oxidation sites excluding steroid dienone is 1. The van der Waals surface area contributed by atoms with Crippen LogP contribution in [0.4, 0.5) is 17.1 Å². The lowest BCUT2D eigenvalue weighted by molar-refractivity contribution is -0.384. The minimum atomic E-state index is -4.52. The van der Waals surface area contributed by atoms with Crippen molar-refractivity contribution in [1.82, 2.24) is 44.8 Å². The van der Waals surface area contributed by atoms with E-state index in [1.54, 1.807) is 35.2 Å². The van der Waals surface area contributed by atoms with Crippen LogP contribution in [0.15, 0.2) is 142 Å². The van der Waals surface area contributed by atoms with Crippen molar-refractivity contribution < 1.29 is 47.2 Å². The van der Waals surface area contributed by atoms with Crippen LogP contribution in [0.1, 0.15) is 145 Å². The number of nitrogens with one attached hydrogen (secondary N) is 4. The molecule has 5 aromatic carbocycles. The van der Waals surface area contributed by atoms with Gasteiger partial charge in [-0.25, -0.2) is 18.1 Å². The number of hydrogen-bond donors (Lipinski definition) is 5. The molecule has 5 aliphatic heterocycles. The number of nitro groups is 1. The number of benzene rings is 5. The number of likely N-dealkylation sites (tertiary alicyclic amines) is 2. The number of carbonyl (C=O) groups excluding carboxylic acids is 5. The lowest BCUT2D eigenvalue weighted by atomic mass is 9.71. The molecule has 0 radical (unpaired) electrons. The molecule has 27 heteroatoms. The molecule has 6 aliphatic rings. The Bertz CT molecular complexity index is 4320. The minimum absolute atomic E-state index is 0.00889. The molecule has 6 heterocycles. The lowest BCUT2D eigenvalue weighted by Crippen LogP contribution is -2.57. The fourth-order valence-corrected chi connectivity index (χ4v) is 19.2. The number of amides is 5. The number of aliphatic hydroxyl groups excluding tert-OH is 1. The zero-order valence-corrected chi connectivity index (χ0v) is 66.7. The van der Waals surface area contributed by atoms with Crippen molar-refractivity contribution in [2.45, 2.75) is 171 Å². The molecule has 0 saturated carbocycles. The van der Waals surface area contributed by atoms with Crippen LogP contribution in [0, 0.1) is 27.9 Å². The minimum Gasteiger partial charge on any atom is -0.391 e. The molecule has 1 aromatic heterocycles. The van der Waals surface area contributed by atoms with Gasteiger partial charge in [-0.1, -0.05) is 112 Å². The summed E-state index contributed by atoms with van der Waals surface area (Å²) in [6.45, 7) is 22.0. The topological polar surface area (TPSA) is 273 Å². The Labute approximate surface area is 654 Å². The number of rotatable bonds is 31. The molecule has 0 spiro atoms. The number of thiazole rings is 1. The largest absolute Gasteiger partial charge is 0.391 e. The molecular formula is C82H105ClN12O11S3. The second-order valence-electron chi connectivity index (χ2n) is 31.8. The zero-order chi connectivity index (χ0) is 77.2. The first-order chi connectivity index (χ1) is 52.2. The first-order valence-corrected chi connectivity index (χ1v) is 42.2. The van der Waals surface area contributed by atoms with Crippen molar-refractivity contribution in [2.24, 2.45) is 10.8 Å². The summed E-state index contributed by atoms with van der Waals surface area (Å²) in [6.07, 6.45) is 7.58. The number of hydrogen-bond acceptors (Lipinski definition) is 19. The van der Waals surface area contributed by atoms with Gasteiger partial charge in [0.2, 0.25) is 23.6 Å². The second-order valence-corrected chi connectivity index (χ2v) is 35.9. The number of anilines is 2. The molecule has 1 unspecified atom stereocenters. The van der Waals surface area contributed by atoms with Crippen LogP contribution in [0.3, 0.4) is 0 Å². The first-order valence-electron chi connectivity index (χ1n) is 38.5. The molecule has 1 aliphatic carbocycles. The van der Waals surface area contributed by atoms with E-state index in [2.05, 4.69) is 64.3 Å². The van der Waals surface area contributed by atoms with Crippen molar-refractivity contribution in [3.05, 3.63) is 170 Å². The van der Waals surface area contributed by atoms with E-state index in [1.165, 1.54) is 33.7 Å². The summed E-state index contributed by atoms with van der Waals surface area (Å²) < 4.78 is 35.5. The third-order valence-corrected chi connectivity index (χ3v) is 26.2. The maximum absolute atomic E-state index is 14.3. The van der Waals surface area contributed by atoms with Gasteiger partial charge in [0.1, 0.15) is 17.8 Å². The number of nitro benzene ring substituents is 1. The summed E-state index contributed by atoms with van der Waals surface area (Å²) >= 11 is 9.63. The Morgan fingerprint density at radius 2 is 1.53 bits per heavy atom. The van der Waals surface area contributed by atoms with E-state index in [0.29, 0.717) is 62.2 Å². The molecule has 5 N–H and O–H groups in total. The highest BCUT2D eigenvalue weighted by Gasteiger charge is 2.46. The van der Waals surface area contributed by atoms with Gasteiger partial charge in [0.25, 0.3) is 21.6 Å². The number of nitrogens with zero attached hydrogens (tertiary/aromatic N) is 8. The maximum atomic E-state index is 14.3. The summed E-state index contributed by atoms with van der Waals surface area (Å²) in [4.78, 5) is 100. The third kappa shape index (κ3) is 21.1. The maximum Gasteiger partial charge on any atom is 0.293 e. The van der Waals surface area contributed by atoms with Gasteiger partial charge in [-0.3, -0.25) is 48.8 Å². The Morgan fingerprint density at radius 1 is 0.835 bits per heavy atom. The molecule has 109 heavy (non-hydrogen) atoms. The highest BCUT2D eigenvalue weighted by molar-refractivity contribution is 7.99. The van der Waals surface area contributed by atoms with E-state index in [4.69, 9.17) is 16.3 Å². The van der Waals surface area contributed by atoms with Crippen LogP contribution in [0.2, 0.25) is 5.02 Å². The van der Waals surface area contributed by atoms with Gasteiger partial charge < -0.3 is 40.5 Å². The van der Waals surface area contributed by atoms with Crippen molar-refractivity contribution in [3.8, 4) is 10.4 Å². The van der Waals surface area contributed by atoms with Crippen LogP contribution in [-0.4, -0.2) is 211 Å². The number of aromatic nitrogens is 1. The number of thioether (sulfide) groups is 1. The number of sulfonamides is 1. The Hall–Kier alpha value is -7.79. The molecule has 584 valence electrons. The number of unbranched alkanes of at least 4 members (excludes halogenated alkanes) is 3. The van der Waals surface area contributed by atoms with Crippen molar-refractivity contribution in [2.75, 3.05) is 108 Å². The van der Waals surface area contributed by atoms with Gasteiger partial charge in [0, 0.05) is 149 Å². The molecule has 8 atom stereocenters. The van der Waals surface area contributed by atoms with E-state index < -0.39 is 60.9 Å². The summed E-state index contributed by atoms with van der Waals surface area (Å²) in [5, 5.41) is 33.5. The Balaban J connectivity index is 0.568. The smallest absolute Gasteiger partial charge is 0.293 e. The standard InChI is InChI=1S/C82H105ClN12O11S3/c1-55(57-18-20-59(21-19-57)76-56(2)84-54-108-76)85-79(100)73-45-66(96)49-94(73)80(101)77(81(3,4)5)87-74(97)16-12-7-8-13-17-75(98)92-42-38-90(39-43-92)53-82(6)34-32-70(58-22-26-62(83)27-23-58)61(47-82)48-89-36-40-91(41-37-89)64-28-24-60(25-29-64)78(99)88-109(104,105)69-30-31-71(72(46-69)95(102)103)86-63(52-107-68-14-10-9-11-15-68)33-35-93-50-67-44-65(93)51-106-67/h9-11,14-15,18-31,46,54-55,63,65-67,73,77,86,96H,7-8,12-13,16-17,32-45,47-53H2,1-6H3,(H,85,100)(H,87,97)(H,88,99)/t55-,63+,65+,66+,67+,73-,77+,82?/m0/s1. The molecule has 5 saturated heterocycles. The summed E-state index contributed by atoms with van der Waals surface area (Å²) in [5.74, 6) is -1.10. The van der Waals surface area contributed by atoms with Crippen LogP contribution in [-0.2, 0) is 33.9 Å². The number of aliphatic hydroxyl groups is 1. The number of ether oxygens (including phenoxy) is 1. The number of morpholine rings is 1. The normalized spacial score (nSPS) is 21.6. The summed E-state index contributed by atoms with van der Waals surface area (Å²) in [5.41, 5.74) is 8.86. The van der Waals surface area contributed by atoms with E-state index in [-0.39, 0.29) is 72.0 Å². The van der Waals surface area contributed by atoms with Crippen LogP contribution in [0.25, 0.3) is 16.0 Å². The van der Waals surface area contributed by atoms with Crippen molar-refractivity contribution in [1.29, 1.82) is 0 Å². The van der Waals surface area contributed by atoms with Crippen LogP contribution < -0.4 is 25.6 Å². The van der Waals surface area contributed by atoms with E-state index in [9.17, 15) is 47.6 Å². The molecule has 12 rings (SSSR count). The van der Waals surface area contributed by atoms with E-state index in [1.807, 2.05) is 124 Å². The molecule has 6 aromatic rings. The number of fused-ring (bicyclic) bond motifs is 2. The van der Waals surface area contributed by atoms with E-state index >= 15 is 0 Å². The number of β-amino-alcohol motifs (C(OH)–C–C–N with tert-alkyl or cyclic N) is 1. The van der Waals surface area contributed by atoms with Gasteiger partial charge in [-0.2, -0.15) is 0 Å². The number of aryl methyl sites for hydroxylation is 1. The van der Waals surface area contributed by atoms with E-state index in [0.717, 1.165) is 142 Å². The van der Waals surface area contributed by atoms with Crippen LogP contribution >= 0.6 is 34.7 Å².